The van der Waals surface area contributed by atoms with Crippen LogP contribution in [-0.4, -0.2) is 33.7 Å². The van der Waals surface area contributed by atoms with Crippen LogP contribution in [0.5, 0.6) is 5.75 Å². The van der Waals surface area contributed by atoms with E-state index in [4.69, 9.17) is 5.11 Å². The number of hydrogen-bond donors (Lipinski definition) is 2. The van der Waals surface area contributed by atoms with E-state index in [2.05, 4.69) is 0 Å². The lowest BCUT2D eigenvalue weighted by Crippen LogP contribution is -2.37. The molecule has 1 aromatic carbocycles. The van der Waals surface area contributed by atoms with E-state index in [0.717, 1.165) is 12.5 Å². The molecule has 98 valence electrons. The van der Waals surface area contributed by atoms with E-state index in [9.17, 15) is 14.3 Å². The SMILES string of the molecule is CC(c1ccc(F)cc1O)N1CCCC1C(=O)O. The van der Waals surface area contributed by atoms with Crippen molar-refractivity contribution >= 4 is 5.97 Å². The Morgan fingerprint density at radius 1 is 1.56 bits per heavy atom. The summed E-state index contributed by atoms with van der Waals surface area (Å²) in [5.74, 6) is -1.47. The molecule has 0 saturated carbocycles. The summed E-state index contributed by atoms with van der Waals surface area (Å²) < 4.78 is 12.9. The Morgan fingerprint density at radius 3 is 2.89 bits per heavy atom. The number of phenols is 1. The molecule has 0 bridgehead atoms. The van der Waals surface area contributed by atoms with E-state index in [0.29, 0.717) is 18.5 Å². The average molecular weight is 253 g/mol. The van der Waals surface area contributed by atoms with Gasteiger partial charge in [0.15, 0.2) is 0 Å². The maximum absolute atomic E-state index is 12.9. The molecule has 1 fully saturated rings. The van der Waals surface area contributed by atoms with Gasteiger partial charge in [0, 0.05) is 17.7 Å². The van der Waals surface area contributed by atoms with Crippen LogP contribution < -0.4 is 0 Å². The van der Waals surface area contributed by atoms with Crippen molar-refractivity contribution in [3.05, 3.63) is 29.6 Å². The zero-order chi connectivity index (χ0) is 13.3. The number of aromatic hydroxyl groups is 1. The minimum atomic E-state index is -0.846. The average Bonchev–Trinajstić information content (AvgIpc) is 2.77. The van der Waals surface area contributed by atoms with Gasteiger partial charge in [-0.2, -0.15) is 0 Å². The number of rotatable bonds is 3. The van der Waals surface area contributed by atoms with Crippen molar-refractivity contribution in [3.63, 3.8) is 0 Å². The first kappa shape index (κ1) is 12.8. The number of carboxylic acids is 1. The second-order valence-electron chi connectivity index (χ2n) is 4.61. The summed E-state index contributed by atoms with van der Waals surface area (Å²) in [4.78, 5) is 13.0. The highest BCUT2D eigenvalue weighted by molar-refractivity contribution is 5.74. The van der Waals surface area contributed by atoms with Crippen molar-refractivity contribution in [1.82, 2.24) is 4.90 Å². The molecule has 18 heavy (non-hydrogen) atoms. The number of halogens is 1. The lowest BCUT2D eigenvalue weighted by molar-refractivity contribution is -0.142. The number of carboxylic acid groups (broad SMARTS) is 1. The Morgan fingerprint density at radius 2 is 2.28 bits per heavy atom. The third-order valence-electron chi connectivity index (χ3n) is 3.52. The Bertz CT molecular complexity index is 464. The standard InChI is InChI=1S/C13H16FNO3/c1-8(10-5-4-9(14)7-12(10)16)15-6-2-3-11(15)13(17)18/h4-5,7-8,11,16H,2-3,6H2,1H3,(H,17,18). The highest BCUT2D eigenvalue weighted by Gasteiger charge is 2.34. The lowest BCUT2D eigenvalue weighted by atomic mass is 10.0. The minimum absolute atomic E-state index is 0.126. The molecular formula is C13H16FNO3. The van der Waals surface area contributed by atoms with E-state index in [1.54, 1.807) is 0 Å². The third kappa shape index (κ3) is 2.31. The number of likely N-dealkylation sites (tertiary alicyclic amines) is 1. The molecule has 1 heterocycles. The molecule has 5 heteroatoms. The maximum Gasteiger partial charge on any atom is 0.320 e. The molecule has 2 atom stereocenters. The Kier molecular flexibility index (Phi) is 3.52. The molecule has 0 spiro atoms. The van der Waals surface area contributed by atoms with E-state index >= 15 is 0 Å². The van der Waals surface area contributed by atoms with Gasteiger partial charge in [-0.15, -0.1) is 0 Å². The molecule has 1 aromatic rings. The van der Waals surface area contributed by atoms with Gasteiger partial charge in [-0.25, -0.2) is 4.39 Å². The summed E-state index contributed by atoms with van der Waals surface area (Å²) >= 11 is 0. The van der Waals surface area contributed by atoms with Crippen LogP contribution in [-0.2, 0) is 4.79 Å². The van der Waals surface area contributed by atoms with Gasteiger partial charge in [-0.05, 0) is 32.4 Å². The molecule has 2 rings (SSSR count). The van der Waals surface area contributed by atoms with Gasteiger partial charge >= 0.3 is 5.97 Å². The van der Waals surface area contributed by atoms with Crippen LogP contribution in [0.3, 0.4) is 0 Å². The van der Waals surface area contributed by atoms with Crippen molar-refractivity contribution in [3.8, 4) is 5.75 Å². The summed E-state index contributed by atoms with van der Waals surface area (Å²) in [5, 5.41) is 18.9. The van der Waals surface area contributed by atoms with Crippen molar-refractivity contribution in [2.75, 3.05) is 6.54 Å². The highest BCUT2D eigenvalue weighted by atomic mass is 19.1. The van der Waals surface area contributed by atoms with Crippen LogP contribution in [0.15, 0.2) is 18.2 Å². The van der Waals surface area contributed by atoms with Gasteiger partial charge in [0.05, 0.1) is 0 Å². The molecule has 0 amide bonds. The molecular weight excluding hydrogens is 237 g/mol. The Labute approximate surface area is 105 Å². The largest absolute Gasteiger partial charge is 0.508 e. The van der Waals surface area contributed by atoms with Crippen LogP contribution in [0, 0.1) is 5.82 Å². The molecule has 2 unspecified atom stereocenters. The molecule has 1 saturated heterocycles. The molecule has 4 nitrogen and oxygen atoms in total. The fourth-order valence-electron chi connectivity index (χ4n) is 2.57. The minimum Gasteiger partial charge on any atom is -0.508 e. The van der Waals surface area contributed by atoms with E-state index in [1.807, 2.05) is 11.8 Å². The second-order valence-corrected chi connectivity index (χ2v) is 4.61. The predicted molar refractivity (Wildman–Crippen MR) is 63.8 cm³/mol. The topological polar surface area (TPSA) is 60.8 Å². The van der Waals surface area contributed by atoms with Crippen molar-refractivity contribution in [2.45, 2.75) is 31.8 Å². The summed E-state index contributed by atoms with van der Waals surface area (Å²) in [5.41, 5.74) is 0.560. The smallest absolute Gasteiger partial charge is 0.320 e. The van der Waals surface area contributed by atoms with Crippen LogP contribution in [0.1, 0.15) is 31.4 Å². The number of aliphatic carboxylic acids is 1. The molecule has 0 radical (unpaired) electrons. The normalized spacial score (nSPS) is 22.0. The summed E-state index contributed by atoms with van der Waals surface area (Å²) in [6.45, 7) is 2.50. The van der Waals surface area contributed by atoms with Crippen LogP contribution >= 0.6 is 0 Å². The quantitative estimate of drug-likeness (QED) is 0.866. The zero-order valence-electron chi connectivity index (χ0n) is 10.1. The van der Waals surface area contributed by atoms with Gasteiger partial charge in [0.1, 0.15) is 17.6 Å². The van der Waals surface area contributed by atoms with Gasteiger partial charge in [0.25, 0.3) is 0 Å². The Balaban J connectivity index is 2.25. The number of nitrogens with zero attached hydrogens (tertiary/aromatic N) is 1. The van der Waals surface area contributed by atoms with E-state index < -0.39 is 17.8 Å². The molecule has 0 aliphatic carbocycles. The second kappa shape index (κ2) is 4.94. The number of hydrogen-bond acceptors (Lipinski definition) is 3. The van der Waals surface area contributed by atoms with Crippen LogP contribution in [0.2, 0.25) is 0 Å². The van der Waals surface area contributed by atoms with E-state index in [-0.39, 0.29) is 11.8 Å². The zero-order valence-corrected chi connectivity index (χ0v) is 10.1. The van der Waals surface area contributed by atoms with Gasteiger partial charge in [0.2, 0.25) is 0 Å². The third-order valence-corrected chi connectivity index (χ3v) is 3.52. The predicted octanol–water partition coefficient (Wildman–Crippen LogP) is 2.14. The van der Waals surface area contributed by atoms with E-state index in [1.165, 1.54) is 12.1 Å². The van der Waals surface area contributed by atoms with Gasteiger partial charge in [-0.1, -0.05) is 6.07 Å². The van der Waals surface area contributed by atoms with Crippen molar-refractivity contribution in [2.24, 2.45) is 0 Å². The molecule has 1 aliphatic rings. The fourth-order valence-corrected chi connectivity index (χ4v) is 2.57. The summed E-state index contributed by atoms with van der Waals surface area (Å²) in [6, 6.07) is 3.07. The van der Waals surface area contributed by atoms with Gasteiger partial charge < -0.3 is 10.2 Å². The highest BCUT2D eigenvalue weighted by Crippen LogP contribution is 2.33. The molecule has 1 aliphatic heterocycles. The first-order valence-electron chi connectivity index (χ1n) is 5.97. The molecule has 2 N–H and O–H groups in total. The number of benzene rings is 1. The maximum atomic E-state index is 12.9. The fraction of sp³-hybridized carbons (Fsp3) is 0.462. The number of phenolic OH excluding ortho intramolecular Hbond substituents is 1. The first-order chi connectivity index (χ1) is 8.50. The summed E-state index contributed by atoms with van der Waals surface area (Å²) in [7, 11) is 0. The molecule has 0 aromatic heterocycles. The van der Waals surface area contributed by atoms with Crippen LogP contribution in [0.4, 0.5) is 4.39 Å². The lowest BCUT2D eigenvalue weighted by Gasteiger charge is -2.28. The van der Waals surface area contributed by atoms with Gasteiger partial charge in [-0.3, -0.25) is 9.69 Å². The van der Waals surface area contributed by atoms with Crippen molar-refractivity contribution < 1.29 is 19.4 Å². The van der Waals surface area contributed by atoms with Crippen LogP contribution in [0.25, 0.3) is 0 Å². The summed E-state index contributed by atoms with van der Waals surface area (Å²) in [6.07, 6.45) is 1.44. The van der Waals surface area contributed by atoms with Crippen molar-refractivity contribution in [1.29, 1.82) is 0 Å². The Hall–Kier alpha value is -1.62. The monoisotopic (exact) mass is 253 g/mol. The first-order valence-corrected chi connectivity index (χ1v) is 5.97. The number of carbonyl (C=O) groups is 1.